The zero-order valence-corrected chi connectivity index (χ0v) is 13.9. The summed E-state index contributed by atoms with van der Waals surface area (Å²) in [7, 11) is 0. The monoisotopic (exact) mass is 319 g/mol. The lowest BCUT2D eigenvalue weighted by molar-refractivity contribution is -0.138. The summed E-state index contributed by atoms with van der Waals surface area (Å²) in [4.78, 5) is 31.4. The second kappa shape index (κ2) is 7.94. The molecular formula is C17H25N3O3. The van der Waals surface area contributed by atoms with E-state index in [-0.39, 0.29) is 18.5 Å². The van der Waals surface area contributed by atoms with E-state index in [1.807, 2.05) is 6.07 Å². The molecule has 126 valence electrons. The van der Waals surface area contributed by atoms with Crippen LogP contribution in [0.5, 0.6) is 0 Å². The summed E-state index contributed by atoms with van der Waals surface area (Å²) in [5, 5.41) is 8.95. The van der Waals surface area contributed by atoms with Crippen molar-refractivity contribution in [1.82, 2.24) is 9.88 Å². The van der Waals surface area contributed by atoms with Crippen molar-refractivity contribution in [2.45, 2.75) is 45.6 Å². The number of carboxylic acid groups (broad SMARTS) is 1. The summed E-state index contributed by atoms with van der Waals surface area (Å²) in [6, 6.07) is 3.42. The molecule has 1 saturated heterocycles. The normalized spacial score (nSPS) is 15.3. The van der Waals surface area contributed by atoms with E-state index in [0.29, 0.717) is 5.56 Å². The molecule has 1 aromatic heterocycles. The molecule has 2 rings (SSSR count). The number of rotatable bonds is 5. The summed E-state index contributed by atoms with van der Waals surface area (Å²) >= 11 is 0. The molecule has 0 bridgehead atoms. The number of anilines is 1. The zero-order chi connectivity index (χ0) is 16.8. The van der Waals surface area contributed by atoms with Crippen molar-refractivity contribution < 1.29 is 14.7 Å². The van der Waals surface area contributed by atoms with Gasteiger partial charge in [-0.2, -0.15) is 0 Å². The van der Waals surface area contributed by atoms with Gasteiger partial charge in [-0.1, -0.05) is 12.8 Å². The fourth-order valence-corrected chi connectivity index (χ4v) is 2.80. The fraction of sp³-hybridized carbons (Fsp3) is 0.588. The van der Waals surface area contributed by atoms with Crippen LogP contribution in [0.4, 0.5) is 5.82 Å². The first kappa shape index (κ1) is 17.2. The molecule has 0 saturated carbocycles. The van der Waals surface area contributed by atoms with Gasteiger partial charge in [-0.25, -0.2) is 4.98 Å². The van der Waals surface area contributed by atoms with Crippen molar-refractivity contribution in [3.05, 3.63) is 23.9 Å². The molecule has 1 fully saturated rings. The summed E-state index contributed by atoms with van der Waals surface area (Å²) < 4.78 is 0. The van der Waals surface area contributed by atoms with Gasteiger partial charge in [-0.05, 0) is 38.8 Å². The number of nitrogens with zero attached hydrogens (tertiary/aromatic N) is 3. The second-order valence-electron chi connectivity index (χ2n) is 6.23. The highest BCUT2D eigenvalue weighted by atomic mass is 16.4. The highest BCUT2D eigenvalue weighted by Gasteiger charge is 2.22. The van der Waals surface area contributed by atoms with E-state index in [2.05, 4.69) is 9.88 Å². The van der Waals surface area contributed by atoms with Gasteiger partial charge in [-0.15, -0.1) is 0 Å². The smallest absolute Gasteiger partial charge is 0.323 e. The lowest BCUT2D eigenvalue weighted by atomic mass is 10.2. The number of carbonyl (C=O) groups is 2. The van der Waals surface area contributed by atoms with E-state index >= 15 is 0 Å². The minimum atomic E-state index is -1.01. The number of hydrogen-bond donors (Lipinski definition) is 1. The predicted octanol–water partition coefficient (Wildman–Crippen LogP) is 2.40. The Bertz CT molecular complexity index is 535. The first-order valence-electron chi connectivity index (χ1n) is 8.23. The molecule has 0 unspecified atom stereocenters. The molecular weight excluding hydrogens is 294 g/mol. The molecule has 1 aromatic rings. The number of aliphatic carboxylic acids is 1. The number of hydrogen-bond acceptors (Lipinski definition) is 4. The van der Waals surface area contributed by atoms with E-state index in [1.165, 1.54) is 30.6 Å². The van der Waals surface area contributed by atoms with Gasteiger partial charge in [0.15, 0.2) is 0 Å². The molecule has 0 aromatic carbocycles. The summed E-state index contributed by atoms with van der Waals surface area (Å²) in [5.74, 6) is -0.420. The summed E-state index contributed by atoms with van der Waals surface area (Å²) in [5.41, 5.74) is 0.429. The minimum Gasteiger partial charge on any atom is -0.480 e. The minimum absolute atomic E-state index is 0.177. The number of carboxylic acids is 1. The van der Waals surface area contributed by atoms with Crippen LogP contribution < -0.4 is 4.90 Å². The Balaban J connectivity index is 2.10. The van der Waals surface area contributed by atoms with Crippen LogP contribution >= 0.6 is 0 Å². The standard InChI is InChI=1S/C17H25N3O3/c1-13(2)20(12-16(21)22)17(23)14-7-8-15(18-11-14)19-9-5-3-4-6-10-19/h7-8,11,13H,3-6,9-10,12H2,1-2H3,(H,21,22). The first-order valence-corrected chi connectivity index (χ1v) is 8.23. The highest BCUT2D eigenvalue weighted by Crippen LogP contribution is 2.18. The van der Waals surface area contributed by atoms with Crippen molar-refractivity contribution in [1.29, 1.82) is 0 Å². The first-order chi connectivity index (χ1) is 11.0. The Morgan fingerprint density at radius 1 is 1.22 bits per heavy atom. The molecule has 0 spiro atoms. The number of carbonyl (C=O) groups excluding carboxylic acids is 1. The lowest BCUT2D eigenvalue weighted by Gasteiger charge is -2.25. The van der Waals surface area contributed by atoms with Gasteiger partial charge in [0, 0.05) is 25.3 Å². The second-order valence-corrected chi connectivity index (χ2v) is 6.23. The maximum atomic E-state index is 12.5. The van der Waals surface area contributed by atoms with E-state index in [0.717, 1.165) is 18.9 Å². The molecule has 23 heavy (non-hydrogen) atoms. The third kappa shape index (κ3) is 4.68. The van der Waals surface area contributed by atoms with Crippen LogP contribution in [0.1, 0.15) is 49.9 Å². The van der Waals surface area contributed by atoms with Gasteiger partial charge in [-0.3, -0.25) is 9.59 Å². The molecule has 6 heteroatoms. The Kier molecular flexibility index (Phi) is 5.96. The maximum Gasteiger partial charge on any atom is 0.323 e. The number of aromatic nitrogens is 1. The van der Waals surface area contributed by atoms with Crippen molar-refractivity contribution in [2.75, 3.05) is 24.5 Å². The maximum absolute atomic E-state index is 12.5. The van der Waals surface area contributed by atoms with Crippen LogP contribution in [0.15, 0.2) is 18.3 Å². The Hall–Kier alpha value is -2.11. The van der Waals surface area contributed by atoms with Gasteiger partial charge in [0.2, 0.25) is 0 Å². The molecule has 1 aliphatic heterocycles. The third-order valence-corrected chi connectivity index (χ3v) is 4.11. The lowest BCUT2D eigenvalue weighted by Crippen LogP contribution is -2.40. The molecule has 0 atom stereocenters. The van der Waals surface area contributed by atoms with Gasteiger partial charge in [0.05, 0.1) is 5.56 Å². The van der Waals surface area contributed by atoms with Crippen LogP contribution in [0, 0.1) is 0 Å². The topological polar surface area (TPSA) is 73.7 Å². The van der Waals surface area contributed by atoms with Crippen molar-refractivity contribution in [3.63, 3.8) is 0 Å². The van der Waals surface area contributed by atoms with Crippen molar-refractivity contribution in [2.24, 2.45) is 0 Å². The Morgan fingerprint density at radius 3 is 2.35 bits per heavy atom. The SMILES string of the molecule is CC(C)N(CC(=O)O)C(=O)c1ccc(N2CCCCCC2)nc1. The van der Waals surface area contributed by atoms with Crippen LogP contribution in [-0.2, 0) is 4.79 Å². The fourth-order valence-electron chi connectivity index (χ4n) is 2.80. The summed E-state index contributed by atoms with van der Waals surface area (Å²) in [6.45, 7) is 5.30. The van der Waals surface area contributed by atoms with Gasteiger partial charge in [0.1, 0.15) is 12.4 Å². The molecule has 0 aliphatic carbocycles. The molecule has 6 nitrogen and oxygen atoms in total. The van der Waals surface area contributed by atoms with E-state index < -0.39 is 5.97 Å². The van der Waals surface area contributed by atoms with Crippen molar-refractivity contribution in [3.8, 4) is 0 Å². The molecule has 0 radical (unpaired) electrons. The third-order valence-electron chi connectivity index (χ3n) is 4.11. The van der Waals surface area contributed by atoms with Crippen LogP contribution in [0.2, 0.25) is 0 Å². The Labute approximate surface area is 137 Å². The molecule has 1 amide bonds. The van der Waals surface area contributed by atoms with Crippen LogP contribution in [-0.4, -0.2) is 52.5 Å². The van der Waals surface area contributed by atoms with Crippen LogP contribution in [0.25, 0.3) is 0 Å². The molecule has 2 heterocycles. The predicted molar refractivity (Wildman–Crippen MR) is 88.7 cm³/mol. The number of amides is 1. The van der Waals surface area contributed by atoms with E-state index in [1.54, 1.807) is 26.1 Å². The van der Waals surface area contributed by atoms with Crippen molar-refractivity contribution >= 4 is 17.7 Å². The van der Waals surface area contributed by atoms with Crippen LogP contribution in [0.3, 0.4) is 0 Å². The van der Waals surface area contributed by atoms with E-state index in [4.69, 9.17) is 5.11 Å². The highest BCUT2D eigenvalue weighted by molar-refractivity contribution is 5.95. The average Bonchev–Trinajstić information content (AvgIpc) is 2.81. The Morgan fingerprint density at radius 2 is 1.87 bits per heavy atom. The summed E-state index contributed by atoms with van der Waals surface area (Å²) in [6.07, 6.45) is 6.40. The average molecular weight is 319 g/mol. The molecule has 1 N–H and O–H groups in total. The largest absolute Gasteiger partial charge is 0.480 e. The van der Waals surface area contributed by atoms with E-state index in [9.17, 15) is 9.59 Å². The number of pyridine rings is 1. The van der Waals surface area contributed by atoms with Gasteiger partial charge < -0.3 is 14.9 Å². The zero-order valence-electron chi connectivity index (χ0n) is 13.9. The van der Waals surface area contributed by atoms with Gasteiger partial charge >= 0.3 is 5.97 Å². The van der Waals surface area contributed by atoms with Gasteiger partial charge in [0.25, 0.3) is 5.91 Å². The molecule has 1 aliphatic rings. The quantitative estimate of drug-likeness (QED) is 0.902.